The van der Waals surface area contributed by atoms with Gasteiger partial charge in [0.1, 0.15) is 17.8 Å². The number of nitrogens with zero attached hydrogens (tertiary/aromatic N) is 3. The van der Waals surface area contributed by atoms with E-state index >= 15 is 0 Å². The number of carbonyl (C=O) groups excluding carboxylic acids is 1. The van der Waals surface area contributed by atoms with Gasteiger partial charge in [0, 0.05) is 12.6 Å². The third-order valence-electron chi connectivity index (χ3n) is 4.88. The third-order valence-corrected chi connectivity index (χ3v) is 4.88. The number of carbonyl (C=O) groups is 1. The fourth-order valence-corrected chi connectivity index (χ4v) is 3.43. The number of nitrogens with two attached hydrogens (primary N) is 1. The lowest BCUT2D eigenvalue weighted by Gasteiger charge is -2.36. The van der Waals surface area contributed by atoms with Crippen LogP contribution < -0.4 is 26.2 Å². The lowest BCUT2D eigenvalue weighted by Crippen LogP contribution is -2.40. The highest BCUT2D eigenvalue weighted by Crippen LogP contribution is 2.31. The summed E-state index contributed by atoms with van der Waals surface area (Å²) in [5.74, 6) is 1.25. The second-order valence-electron chi connectivity index (χ2n) is 6.49. The Bertz CT molecular complexity index is 798. The molecule has 2 aromatic rings. The normalized spacial score (nSPS) is 16.7. The van der Waals surface area contributed by atoms with E-state index in [1.54, 1.807) is 24.3 Å². The lowest BCUT2D eigenvalue weighted by molar-refractivity contribution is 0.0959. The maximum atomic E-state index is 12.4. The number of nitrogen functional groups attached to an aromatic ring is 1. The van der Waals surface area contributed by atoms with E-state index in [-0.39, 0.29) is 5.91 Å². The smallest absolute Gasteiger partial charge is 0.273 e. The minimum atomic E-state index is -0.337. The van der Waals surface area contributed by atoms with Crippen molar-refractivity contribution in [2.75, 3.05) is 29.7 Å². The highest BCUT2D eigenvalue weighted by atomic mass is 16.5. The summed E-state index contributed by atoms with van der Waals surface area (Å²) in [5, 5.41) is 0. The molecule has 1 unspecified atom stereocenters. The molecule has 0 saturated carbocycles. The molecule has 0 radical (unpaired) electrons. The topological polar surface area (TPSA) is 105 Å². The summed E-state index contributed by atoms with van der Waals surface area (Å²) < 4.78 is 5.22. The number of rotatable bonds is 6. The highest BCUT2D eigenvalue weighted by molar-refractivity contribution is 5.97. The van der Waals surface area contributed by atoms with Crippen molar-refractivity contribution in [2.45, 2.75) is 38.6 Å². The first-order valence-electron chi connectivity index (χ1n) is 9.22. The number of methoxy groups -OCH3 is 1. The van der Waals surface area contributed by atoms with Gasteiger partial charge in [-0.1, -0.05) is 19.1 Å². The molecule has 4 N–H and O–H groups in total. The number of hydrogen-bond acceptors (Lipinski definition) is 7. The predicted octanol–water partition coefficient (Wildman–Crippen LogP) is 2.59. The average Bonchev–Trinajstić information content (AvgIpc) is 2.72. The summed E-state index contributed by atoms with van der Waals surface area (Å²) in [4.78, 5) is 23.3. The first-order valence-corrected chi connectivity index (χ1v) is 9.22. The zero-order chi connectivity index (χ0) is 19.2. The summed E-state index contributed by atoms with van der Waals surface area (Å²) in [6.45, 7) is 3.10. The number of amides is 1. The third kappa shape index (κ3) is 4.05. The van der Waals surface area contributed by atoms with Crippen LogP contribution in [0.1, 0.15) is 43.0 Å². The van der Waals surface area contributed by atoms with Gasteiger partial charge >= 0.3 is 0 Å². The molecule has 3 rings (SSSR count). The fourth-order valence-electron chi connectivity index (χ4n) is 3.43. The molecule has 1 saturated heterocycles. The predicted molar refractivity (Wildman–Crippen MR) is 106 cm³/mol. The Hall–Kier alpha value is -3.03. The molecule has 1 aromatic heterocycles. The Balaban J connectivity index is 1.75. The van der Waals surface area contributed by atoms with E-state index in [2.05, 4.69) is 32.6 Å². The lowest BCUT2D eigenvalue weighted by atomic mass is 10.00. The van der Waals surface area contributed by atoms with Gasteiger partial charge in [0.05, 0.1) is 12.7 Å². The van der Waals surface area contributed by atoms with Crippen LogP contribution in [0.5, 0.6) is 5.75 Å². The molecular formula is C19H26N6O2. The van der Waals surface area contributed by atoms with Gasteiger partial charge in [-0.25, -0.2) is 9.97 Å². The summed E-state index contributed by atoms with van der Waals surface area (Å²) >= 11 is 0. The van der Waals surface area contributed by atoms with Crippen molar-refractivity contribution in [2.24, 2.45) is 0 Å². The summed E-state index contributed by atoms with van der Waals surface area (Å²) in [5.41, 5.74) is 12.6. The number of nitrogens with one attached hydrogen (secondary N) is 2. The van der Waals surface area contributed by atoms with Crippen molar-refractivity contribution in [1.82, 2.24) is 15.4 Å². The van der Waals surface area contributed by atoms with Crippen molar-refractivity contribution >= 4 is 23.2 Å². The molecule has 1 fully saturated rings. The first-order chi connectivity index (χ1) is 13.2. The molecule has 1 amide bonds. The molecule has 144 valence electrons. The first kappa shape index (κ1) is 18.8. The van der Waals surface area contributed by atoms with Crippen molar-refractivity contribution in [3.8, 4) is 5.75 Å². The molecule has 0 bridgehead atoms. The van der Waals surface area contributed by atoms with Crippen molar-refractivity contribution in [3.63, 3.8) is 0 Å². The van der Waals surface area contributed by atoms with Crippen LogP contribution in [-0.2, 0) is 0 Å². The van der Waals surface area contributed by atoms with Gasteiger partial charge in [0.25, 0.3) is 5.91 Å². The second kappa shape index (κ2) is 8.57. The number of anilines is 3. The van der Waals surface area contributed by atoms with Crippen molar-refractivity contribution in [1.29, 1.82) is 0 Å². The molecule has 8 nitrogen and oxygen atoms in total. The maximum Gasteiger partial charge on any atom is 0.273 e. The van der Waals surface area contributed by atoms with Crippen LogP contribution in [-0.4, -0.2) is 35.6 Å². The van der Waals surface area contributed by atoms with E-state index < -0.39 is 0 Å². The minimum absolute atomic E-state index is 0.337. The Morgan fingerprint density at radius 2 is 2.15 bits per heavy atom. The largest absolute Gasteiger partial charge is 0.496 e. The number of piperidine rings is 1. The average molecular weight is 370 g/mol. The number of ether oxygens (including phenoxy) is 1. The van der Waals surface area contributed by atoms with E-state index in [0.29, 0.717) is 34.7 Å². The molecule has 27 heavy (non-hydrogen) atoms. The van der Waals surface area contributed by atoms with Gasteiger partial charge in [-0.05, 0) is 37.8 Å². The van der Waals surface area contributed by atoms with Crippen molar-refractivity contribution < 1.29 is 9.53 Å². The molecule has 8 heteroatoms. The molecule has 0 aliphatic carbocycles. The number of aromatic nitrogens is 2. The van der Waals surface area contributed by atoms with Gasteiger partial charge in [-0.15, -0.1) is 0 Å². The molecule has 0 spiro atoms. The maximum absolute atomic E-state index is 12.4. The Morgan fingerprint density at radius 3 is 2.93 bits per heavy atom. The van der Waals surface area contributed by atoms with Gasteiger partial charge in [-0.3, -0.25) is 15.6 Å². The SMILES string of the molecule is CCC1CCCCN1c1ncnc(NNC(=O)c2ccccc2OC)c1N. The van der Waals surface area contributed by atoms with Gasteiger partial charge in [-0.2, -0.15) is 0 Å². The van der Waals surface area contributed by atoms with E-state index in [0.717, 1.165) is 25.8 Å². The number of hydrogen-bond donors (Lipinski definition) is 3. The van der Waals surface area contributed by atoms with Crippen LogP contribution in [0.2, 0.25) is 0 Å². The molecule has 2 heterocycles. The van der Waals surface area contributed by atoms with Gasteiger partial charge < -0.3 is 15.4 Å². The van der Waals surface area contributed by atoms with Crippen LogP contribution in [0.25, 0.3) is 0 Å². The standard InChI is InChI=1S/C19H26N6O2/c1-3-13-8-6-7-11-25(13)18-16(20)17(21-12-22-18)23-24-19(26)14-9-4-5-10-15(14)27-2/h4-5,9-10,12-13H,3,6-8,11,20H2,1-2H3,(H,24,26)(H,21,22,23). The number of benzene rings is 1. The summed E-state index contributed by atoms with van der Waals surface area (Å²) in [6, 6.07) is 7.42. The molecule has 1 atom stereocenters. The zero-order valence-corrected chi connectivity index (χ0v) is 15.7. The number of hydrazine groups is 1. The molecule has 1 aromatic carbocycles. The fraction of sp³-hybridized carbons (Fsp3) is 0.421. The minimum Gasteiger partial charge on any atom is -0.496 e. The molecule has 1 aliphatic rings. The Morgan fingerprint density at radius 1 is 1.33 bits per heavy atom. The van der Waals surface area contributed by atoms with Crippen LogP contribution >= 0.6 is 0 Å². The monoisotopic (exact) mass is 370 g/mol. The van der Waals surface area contributed by atoms with Crippen molar-refractivity contribution in [3.05, 3.63) is 36.2 Å². The zero-order valence-electron chi connectivity index (χ0n) is 15.7. The van der Waals surface area contributed by atoms with Gasteiger partial charge in [0.15, 0.2) is 11.6 Å². The Labute approximate surface area is 159 Å². The molecule has 1 aliphatic heterocycles. The van der Waals surface area contributed by atoms with Crippen LogP contribution in [0.4, 0.5) is 17.3 Å². The summed E-state index contributed by atoms with van der Waals surface area (Å²) in [7, 11) is 1.52. The van der Waals surface area contributed by atoms with Crippen LogP contribution in [0, 0.1) is 0 Å². The van der Waals surface area contributed by atoms with E-state index in [4.69, 9.17) is 10.5 Å². The second-order valence-corrected chi connectivity index (χ2v) is 6.49. The van der Waals surface area contributed by atoms with E-state index in [1.807, 2.05) is 0 Å². The Kier molecular flexibility index (Phi) is 5.95. The number of para-hydroxylation sites is 1. The van der Waals surface area contributed by atoms with E-state index in [9.17, 15) is 4.79 Å². The quantitative estimate of drug-likeness (QED) is 0.671. The highest BCUT2D eigenvalue weighted by Gasteiger charge is 2.25. The van der Waals surface area contributed by atoms with Crippen LogP contribution in [0.3, 0.4) is 0 Å². The molecular weight excluding hydrogens is 344 g/mol. The summed E-state index contributed by atoms with van der Waals surface area (Å²) in [6.07, 6.45) is 5.97. The van der Waals surface area contributed by atoms with Crippen LogP contribution in [0.15, 0.2) is 30.6 Å². The van der Waals surface area contributed by atoms with Gasteiger partial charge in [0.2, 0.25) is 0 Å². The van der Waals surface area contributed by atoms with E-state index in [1.165, 1.54) is 19.9 Å².